The first kappa shape index (κ1) is 40.7. The zero-order valence-corrected chi connectivity index (χ0v) is 29.3. The van der Waals surface area contributed by atoms with Crippen molar-refractivity contribution >= 4 is 0 Å². The van der Waals surface area contributed by atoms with Crippen molar-refractivity contribution in [3.8, 4) is 34.6 Å². The van der Waals surface area contributed by atoms with Crippen LogP contribution in [0.5, 0.6) is 17.4 Å². The zero-order valence-electron chi connectivity index (χ0n) is 29.3. The highest BCUT2D eigenvalue weighted by atomic mass is 16.5. The van der Waals surface area contributed by atoms with Gasteiger partial charge in [0, 0.05) is 42.2 Å². The molecule has 0 unspecified atom stereocenters. The number of hydrogen-bond acceptors (Lipinski definition) is 9. The van der Waals surface area contributed by atoms with E-state index in [9.17, 15) is 0 Å². The van der Waals surface area contributed by atoms with Crippen molar-refractivity contribution < 1.29 is 14.2 Å². The molecule has 0 atom stereocenters. The molecule has 0 amide bonds. The minimum atomic E-state index is 0. The van der Waals surface area contributed by atoms with Gasteiger partial charge in [-0.25, -0.2) is 24.9 Å². The van der Waals surface area contributed by atoms with Crippen molar-refractivity contribution in [2.45, 2.75) is 75.7 Å². The molecular weight excluding hydrogens is 630 g/mol. The topological polar surface area (TPSA) is 120 Å². The predicted molar refractivity (Wildman–Crippen MR) is 200 cm³/mol. The van der Waals surface area contributed by atoms with Crippen LogP contribution < -0.4 is 14.2 Å². The van der Waals surface area contributed by atoms with E-state index in [1.165, 1.54) is 0 Å². The Balaban J connectivity index is 0.000000255. The first-order chi connectivity index (χ1) is 23.2. The molecule has 6 aromatic heterocycles. The number of hydrogen-bond donors (Lipinski definition) is 0. The van der Waals surface area contributed by atoms with E-state index in [0.717, 1.165) is 82.0 Å². The van der Waals surface area contributed by atoms with E-state index >= 15 is 0 Å². The highest BCUT2D eigenvalue weighted by Gasteiger charge is 2.10. The van der Waals surface area contributed by atoms with Crippen LogP contribution in [0, 0.1) is 20.8 Å². The van der Waals surface area contributed by atoms with Crippen molar-refractivity contribution in [3.63, 3.8) is 0 Å². The molecule has 0 fully saturated rings. The lowest BCUT2D eigenvalue weighted by atomic mass is 10.2. The molecule has 50 heavy (non-hydrogen) atoms. The van der Waals surface area contributed by atoms with Gasteiger partial charge in [-0.3, -0.25) is 9.55 Å². The van der Waals surface area contributed by atoms with Crippen molar-refractivity contribution in [3.05, 3.63) is 108 Å². The minimum absolute atomic E-state index is 0. The second-order valence-electron chi connectivity index (χ2n) is 10.9. The van der Waals surface area contributed by atoms with E-state index in [0.29, 0.717) is 5.88 Å². The quantitative estimate of drug-likeness (QED) is 0.151. The molecule has 12 nitrogen and oxygen atoms in total. The standard InChI is InChI=1S/3C12H15N3O.2CH4/c1-4-10-5-12(16-3)11(6-13-10)15-7-9(2)14-8-15;1-4-10-5-11(16-3)12(13-6-10)15-7-9(2)14-8-15;1-4-10-5-6-11(12(14-10)16-3)15-7-9(2)13-8-15;;/h3*5-8H,4H2,1-3H3;2*1H4. The Kier molecular flexibility index (Phi) is 15.8. The first-order valence-corrected chi connectivity index (χ1v) is 15.9. The van der Waals surface area contributed by atoms with E-state index in [1.807, 2.05) is 89.7 Å². The molecule has 268 valence electrons. The maximum atomic E-state index is 5.36. The van der Waals surface area contributed by atoms with Crippen molar-refractivity contribution in [2.75, 3.05) is 21.3 Å². The fraction of sp³-hybridized carbons (Fsp3) is 0.368. The number of imidazole rings is 3. The molecule has 0 aliphatic heterocycles. The Hall–Kier alpha value is -5.52. The van der Waals surface area contributed by atoms with Gasteiger partial charge in [0.05, 0.1) is 57.3 Å². The smallest absolute Gasteiger partial charge is 0.238 e. The average Bonchev–Trinajstić information content (AvgIpc) is 3.88. The fourth-order valence-electron chi connectivity index (χ4n) is 4.69. The molecule has 0 aromatic carbocycles. The van der Waals surface area contributed by atoms with Crippen LogP contribution in [-0.4, -0.2) is 64.9 Å². The van der Waals surface area contributed by atoms with Gasteiger partial charge in [0.15, 0.2) is 11.6 Å². The van der Waals surface area contributed by atoms with E-state index < -0.39 is 0 Å². The van der Waals surface area contributed by atoms with Crippen LogP contribution in [0.1, 0.15) is 69.7 Å². The highest BCUT2D eigenvalue weighted by Crippen LogP contribution is 2.24. The van der Waals surface area contributed by atoms with E-state index in [4.69, 9.17) is 14.2 Å². The summed E-state index contributed by atoms with van der Waals surface area (Å²) in [5, 5.41) is 0. The summed E-state index contributed by atoms with van der Waals surface area (Å²) in [6.07, 6.45) is 17.5. The Morgan fingerprint density at radius 1 is 0.560 bits per heavy atom. The molecule has 6 rings (SSSR count). The van der Waals surface area contributed by atoms with Gasteiger partial charge < -0.3 is 23.3 Å². The Bertz CT molecular complexity index is 1690. The Morgan fingerprint density at radius 3 is 1.60 bits per heavy atom. The molecule has 6 heterocycles. The first-order valence-electron chi connectivity index (χ1n) is 15.9. The number of rotatable bonds is 9. The number of pyridine rings is 3. The lowest BCUT2D eigenvalue weighted by Gasteiger charge is -2.09. The molecule has 0 radical (unpaired) electrons. The van der Waals surface area contributed by atoms with Gasteiger partial charge >= 0.3 is 0 Å². The summed E-state index contributed by atoms with van der Waals surface area (Å²) >= 11 is 0. The van der Waals surface area contributed by atoms with Crippen LogP contribution in [0.4, 0.5) is 0 Å². The molecule has 0 bridgehead atoms. The lowest BCUT2D eigenvalue weighted by molar-refractivity contribution is 0.394. The second kappa shape index (κ2) is 19.5. The third kappa shape index (κ3) is 10.2. The van der Waals surface area contributed by atoms with Gasteiger partial charge in [-0.15, -0.1) is 0 Å². The Morgan fingerprint density at radius 2 is 1.12 bits per heavy atom. The van der Waals surface area contributed by atoms with Gasteiger partial charge in [-0.05, 0) is 63.8 Å². The van der Waals surface area contributed by atoms with Crippen LogP contribution in [0.15, 0.2) is 74.2 Å². The molecule has 12 heteroatoms. The van der Waals surface area contributed by atoms with Gasteiger partial charge in [0.2, 0.25) is 5.88 Å². The number of aromatic nitrogens is 9. The molecule has 0 aliphatic carbocycles. The van der Waals surface area contributed by atoms with Crippen LogP contribution in [0.3, 0.4) is 0 Å². The molecule has 0 saturated heterocycles. The Labute approximate surface area is 297 Å². The van der Waals surface area contributed by atoms with Crippen LogP contribution in [-0.2, 0) is 19.3 Å². The normalized spacial score (nSPS) is 10.0. The summed E-state index contributed by atoms with van der Waals surface area (Å²) in [6, 6.07) is 7.99. The molecule has 0 spiro atoms. The number of ether oxygens (including phenoxy) is 3. The van der Waals surface area contributed by atoms with E-state index in [1.54, 1.807) is 40.3 Å². The monoisotopic (exact) mass is 683 g/mol. The van der Waals surface area contributed by atoms with Gasteiger partial charge in [-0.2, -0.15) is 0 Å². The summed E-state index contributed by atoms with van der Waals surface area (Å²) in [5.41, 5.74) is 7.96. The van der Waals surface area contributed by atoms with Crippen LogP contribution in [0.2, 0.25) is 0 Å². The van der Waals surface area contributed by atoms with Gasteiger partial charge in [0.25, 0.3) is 0 Å². The molecular formula is C38H53N9O3. The van der Waals surface area contributed by atoms with Crippen molar-refractivity contribution in [1.82, 2.24) is 43.6 Å². The number of aryl methyl sites for hydroxylation is 6. The number of methoxy groups -OCH3 is 3. The fourth-order valence-corrected chi connectivity index (χ4v) is 4.69. The van der Waals surface area contributed by atoms with Gasteiger partial charge in [0.1, 0.15) is 23.5 Å². The molecule has 0 saturated carbocycles. The van der Waals surface area contributed by atoms with Gasteiger partial charge in [-0.1, -0.05) is 35.6 Å². The van der Waals surface area contributed by atoms with Crippen molar-refractivity contribution in [1.29, 1.82) is 0 Å². The van der Waals surface area contributed by atoms with Crippen LogP contribution >= 0.6 is 0 Å². The third-order valence-electron chi connectivity index (χ3n) is 7.39. The van der Waals surface area contributed by atoms with Crippen molar-refractivity contribution in [2.24, 2.45) is 0 Å². The largest absolute Gasteiger partial charge is 0.494 e. The molecule has 6 aromatic rings. The predicted octanol–water partition coefficient (Wildman–Crippen LogP) is 7.71. The zero-order chi connectivity index (χ0) is 34.6. The number of nitrogens with zero attached hydrogens (tertiary/aromatic N) is 9. The van der Waals surface area contributed by atoms with E-state index in [2.05, 4.69) is 50.7 Å². The minimum Gasteiger partial charge on any atom is -0.494 e. The summed E-state index contributed by atoms with van der Waals surface area (Å²) in [6.45, 7) is 12.1. The third-order valence-corrected chi connectivity index (χ3v) is 7.39. The SMILES string of the molecule is C.C.CCc1cc(OC)c(-n2cnc(C)c2)cn1.CCc1ccc(-n2cnc(C)c2)c(OC)n1.CCc1cnc(-n2cnc(C)c2)c(OC)c1. The van der Waals surface area contributed by atoms with E-state index in [-0.39, 0.29) is 14.9 Å². The highest BCUT2D eigenvalue weighted by molar-refractivity contribution is 5.46. The summed E-state index contributed by atoms with van der Waals surface area (Å²) in [7, 11) is 4.96. The average molecular weight is 684 g/mol. The van der Waals surface area contributed by atoms with Crippen LogP contribution in [0.25, 0.3) is 17.2 Å². The summed E-state index contributed by atoms with van der Waals surface area (Å²) in [5.74, 6) is 3.01. The molecule has 0 aliphatic rings. The maximum absolute atomic E-state index is 5.36. The second-order valence-corrected chi connectivity index (χ2v) is 10.9. The lowest BCUT2D eigenvalue weighted by Crippen LogP contribution is -2.00. The maximum Gasteiger partial charge on any atom is 0.238 e. The summed E-state index contributed by atoms with van der Waals surface area (Å²) < 4.78 is 21.7. The summed E-state index contributed by atoms with van der Waals surface area (Å²) in [4.78, 5) is 25.7. The molecule has 0 N–H and O–H groups in total.